The van der Waals surface area contributed by atoms with Crippen molar-refractivity contribution >= 4 is 45.4 Å². The van der Waals surface area contributed by atoms with E-state index in [0.29, 0.717) is 13.1 Å². The van der Waals surface area contributed by atoms with E-state index in [1.54, 1.807) is 16.2 Å². The van der Waals surface area contributed by atoms with E-state index < -0.39 is 5.60 Å². The van der Waals surface area contributed by atoms with Crippen LogP contribution in [0.15, 0.2) is 30.0 Å². The Balaban J connectivity index is 1.52. The molecule has 1 N–H and O–H groups in total. The van der Waals surface area contributed by atoms with Crippen LogP contribution in [0.2, 0.25) is 0 Å². The Labute approximate surface area is 206 Å². The number of nitrogens with one attached hydrogen (secondary N) is 1. The van der Waals surface area contributed by atoms with Gasteiger partial charge in [0, 0.05) is 31.3 Å². The van der Waals surface area contributed by atoms with Gasteiger partial charge in [-0.2, -0.15) is 14.0 Å². The third-order valence-corrected chi connectivity index (χ3v) is 7.16. The number of hydrogen-bond donors (Lipinski definition) is 1. The van der Waals surface area contributed by atoms with Crippen LogP contribution >= 0.6 is 22.9 Å². The number of nitrogens with zero attached hydrogens (tertiary/aromatic N) is 6. The Hall–Kier alpha value is -3.05. The van der Waals surface area contributed by atoms with Gasteiger partial charge in [-0.05, 0) is 58.1 Å². The fraction of sp³-hybridized carbons (Fsp3) is 0.435. The summed E-state index contributed by atoms with van der Waals surface area (Å²) in [6.07, 6.45) is 5.24. The average Bonchev–Trinajstić information content (AvgIpc) is 3.53. The second-order valence-corrected chi connectivity index (χ2v) is 11.1. The summed E-state index contributed by atoms with van der Waals surface area (Å²) in [6.45, 7) is 8.90. The molecule has 1 saturated heterocycles. The molecular weight excluding hydrogens is 470 g/mol. The Kier molecular flexibility index (Phi) is 5.98. The first-order chi connectivity index (χ1) is 16.3. The Morgan fingerprint density at radius 3 is 2.82 bits per heavy atom. The number of anilines is 2. The van der Waals surface area contributed by atoms with Crippen LogP contribution in [0.4, 0.5) is 15.6 Å². The lowest BCUT2D eigenvalue weighted by Crippen LogP contribution is -2.42. The maximum absolute atomic E-state index is 12.7. The minimum atomic E-state index is -0.521. The second kappa shape index (κ2) is 8.95. The van der Waals surface area contributed by atoms with E-state index in [0.717, 1.165) is 51.1 Å². The zero-order valence-electron chi connectivity index (χ0n) is 19.6. The van der Waals surface area contributed by atoms with Crippen molar-refractivity contribution in [1.82, 2.24) is 28.9 Å². The molecule has 0 aromatic carbocycles. The van der Waals surface area contributed by atoms with Gasteiger partial charge in [0.15, 0.2) is 5.65 Å². The van der Waals surface area contributed by atoms with Crippen LogP contribution in [0.1, 0.15) is 50.9 Å². The van der Waals surface area contributed by atoms with Gasteiger partial charge >= 0.3 is 6.09 Å². The molecule has 4 aromatic heterocycles. The van der Waals surface area contributed by atoms with E-state index in [1.165, 1.54) is 11.5 Å². The highest BCUT2D eigenvalue weighted by Gasteiger charge is 2.30. The van der Waals surface area contributed by atoms with Gasteiger partial charge < -0.3 is 15.0 Å². The number of ether oxygens (including phenoxy) is 1. The normalized spacial score (nSPS) is 16.7. The molecule has 11 heteroatoms. The van der Waals surface area contributed by atoms with Gasteiger partial charge in [0.2, 0.25) is 0 Å². The van der Waals surface area contributed by atoms with Gasteiger partial charge in [-0.3, -0.25) is 4.98 Å². The van der Waals surface area contributed by atoms with Crippen LogP contribution in [0.5, 0.6) is 0 Å². The number of thiazole rings is 1. The highest BCUT2D eigenvalue weighted by Crippen LogP contribution is 2.34. The van der Waals surface area contributed by atoms with Gasteiger partial charge in [0.1, 0.15) is 16.4 Å². The molecule has 1 amide bonds. The van der Waals surface area contributed by atoms with E-state index >= 15 is 0 Å². The lowest BCUT2D eigenvalue weighted by Gasteiger charge is -2.34. The number of likely N-dealkylation sites (tertiary alicyclic amines) is 1. The third-order valence-electron chi connectivity index (χ3n) is 5.56. The summed E-state index contributed by atoms with van der Waals surface area (Å²) in [5.41, 5.74) is 4.88. The number of carbonyl (C=O) groups is 1. The molecule has 1 aliphatic heterocycles. The first kappa shape index (κ1) is 22.7. The van der Waals surface area contributed by atoms with Crippen molar-refractivity contribution in [1.29, 1.82) is 0 Å². The predicted molar refractivity (Wildman–Crippen MR) is 134 cm³/mol. The average molecular weight is 498 g/mol. The summed E-state index contributed by atoms with van der Waals surface area (Å²) in [5, 5.41) is 9.02. The predicted octanol–water partition coefficient (Wildman–Crippen LogP) is 5.48. The van der Waals surface area contributed by atoms with Crippen molar-refractivity contribution in [2.24, 2.45) is 0 Å². The maximum atomic E-state index is 12.7. The third kappa shape index (κ3) is 4.76. The fourth-order valence-electron chi connectivity index (χ4n) is 4.06. The molecule has 0 spiro atoms. The summed E-state index contributed by atoms with van der Waals surface area (Å²) in [5.74, 6) is 0.910. The first-order valence-electron chi connectivity index (χ1n) is 11.2. The minimum absolute atomic E-state index is 0.0965. The zero-order chi connectivity index (χ0) is 23.9. The van der Waals surface area contributed by atoms with Crippen molar-refractivity contribution in [2.45, 2.75) is 52.1 Å². The second-order valence-electron chi connectivity index (χ2n) is 9.45. The minimum Gasteiger partial charge on any atom is -0.444 e. The van der Waals surface area contributed by atoms with Crippen LogP contribution < -0.4 is 5.32 Å². The van der Waals surface area contributed by atoms with Crippen LogP contribution in [0.25, 0.3) is 16.1 Å². The lowest BCUT2D eigenvalue weighted by atomic mass is 9.94. The summed E-state index contributed by atoms with van der Waals surface area (Å²) in [4.78, 5) is 24.8. The number of fused-ring (bicyclic) bond motifs is 1. The van der Waals surface area contributed by atoms with Crippen molar-refractivity contribution in [3.63, 3.8) is 0 Å². The molecule has 0 radical (unpaired) electrons. The van der Waals surface area contributed by atoms with Gasteiger partial charge in [0.05, 0.1) is 33.5 Å². The van der Waals surface area contributed by atoms with Crippen LogP contribution in [0.3, 0.4) is 0 Å². The van der Waals surface area contributed by atoms with Crippen LogP contribution in [-0.4, -0.2) is 53.6 Å². The molecule has 0 saturated carbocycles. The monoisotopic (exact) mass is 497 g/mol. The zero-order valence-corrected chi connectivity index (χ0v) is 21.2. The Morgan fingerprint density at radius 2 is 2.12 bits per heavy atom. The molecule has 1 atom stereocenters. The SMILES string of the molecule is Cc1cc(Nc2cc(C3CCCN(C(=O)OC(C)(C)C)C3)nc3c(-c4cncs4)cnn23)sn1. The molecule has 178 valence electrons. The molecule has 4 aromatic rings. The van der Waals surface area contributed by atoms with Gasteiger partial charge in [-0.1, -0.05) is 0 Å². The number of hydrogen-bond acceptors (Lipinski definition) is 9. The Bertz CT molecular complexity index is 1310. The van der Waals surface area contributed by atoms with Gasteiger partial charge in [-0.15, -0.1) is 11.3 Å². The molecule has 1 unspecified atom stereocenters. The number of rotatable bonds is 4. The quantitative estimate of drug-likeness (QED) is 0.399. The van der Waals surface area contributed by atoms with Crippen molar-refractivity contribution in [3.8, 4) is 10.4 Å². The maximum Gasteiger partial charge on any atom is 0.410 e. The van der Waals surface area contributed by atoms with E-state index in [2.05, 4.69) is 19.8 Å². The number of amides is 1. The molecule has 0 aliphatic carbocycles. The lowest BCUT2D eigenvalue weighted by molar-refractivity contribution is 0.0197. The molecule has 0 bridgehead atoms. The largest absolute Gasteiger partial charge is 0.444 e. The molecule has 1 aliphatic rings. The molecular formula is C23H27N7O2S2. The molecule has 9 nitrogen and oxygen atoms in total. The number of carbonyl (C=O) groups excluding carboxylic acids is 1. The van der Waals surface area contributed by atoms with Gasteiger partial charge in [0.25, 0.3) is 0 Å². The number of piperidine rings is 1. The fourth-order valence-corrected chi connectivity index (χ4v) is 5.36. The highest BCUT2D eigenvalue weighted by molar-refractivity contribution is 7.13. The van der Waals surface area contributed by atoms with Crippen molar-refractivity contribution in [3.05, 3.63) is 41.4 Å². The van der Waals surface area contributed by atoms with Crippen LogP contribution in [0, 0.1) is 6.92 Å². The molecule has 5 heterocycles. The van der Waals surface area contributed by atoms with Crippen molar-refractivity contribution < 1.29 is 9.53 Å². The van der Waals surface area contributed by atoms with E-state index in [-0.39, 0.29) is 12.0 Å². The smallest absolute Gasteiger partial charge is 0.410 e. The summed E-state index contributed by atoms with van der Waals surface area (Å²) in [7, 11) is 0. The highest BCUT2D eigenvalue weighted by atomic mass is 32.1. The molecule has 1 fully saturated rings. The topological polar surface area (TPSA) is 97.5 Å². The number of aryl methyl sites for hydroxylation is 1. The van der Waals surface area contributed by atoms with Crippen LogP contribution in [-0.2, 0) is 4.74 Å². The number of aromatic nitrogens is 5. The standard InChI is InChI=1S/C23H27N7O2S2/c1-14-8-20(34-28-14)27-19-9-17(15-6-5-7-29(12-15)22(31)32-23(2,3)4)26-21-16(10-25-30(19)21)18-11-24-13-33-18/h8-11,13,15,27H,5-7,12H2,1-4H3. The first-order valence-corrected chi connectivity index (χ1v) is 12.9. The Morgan fingerprint density at radius 1 is 1.26 bits per heavy atom. The molecule has 5 rings (SSSR count). The van der Waals surface area contributed by atoms with E-state index in [1.807, 2.05) is 62.2 Å². The molecule has 34 heavy (non-hydrogen) atoms. The van der Waals surface area contributed by atoms with E-state index in [4.69, 9.17) is 9.72 Å². The summed E-state index contributed by atoms with van der Waals surface area (Å²) in [6, 6.07) is 4.05. The van der Waals surface area contributed by atoms with Crippen molar-refractivity contribution in [2.75, 3.05) is 18.4 Å². The summed E-state index contributed by atoms with van der Waals surface area (Å²) < 4.78 is 11.8. The summed E-state index contributed by atoms with van der Waals surface area (Å²) >= 11 is 2.97. The van der Waals surface area contributed by atoms with E-state index in [9.17, 15) is 4.79 Å². The van der Waals surface area contributed by atoms with Gasteiger partial charge in [-0.25, -0.2) is 9.78 Å².